The Hall–Kier alpha value is -3.26. The average Bonchev–Trinajstić information content (AvgIpc) is 3.43. The first-order valence-corrected chi connectivity index (χ1v) is 14.9. The van der Waals surface area contributed by atoms with Crippen molar-refractivity contribution in [1.29, 1.82) is 0 Å². The van der Waals surface area contributed by atoms with Crippen LogP contribution in [0.15, 0.2) is 30.6 Å². The van der Waals surface area contributed by atoms with Crippen LogP contribution in [0.4, 0.5) is 5.95 Å². The molecule has 1 N–H and O–H groups in total. The first-order valence-electron chi connectivity index (χ1n) is 11.7. The third-order valence-electron chi connectivity index (χ3n) is 6.57. The predicted molar refractivity (Wildman–Crippen MR) is 137 cm³/mol. The zero-order valence-corrected chi connectivity index (χ0v) is 22.9. The number of ether oxygens (including phenoxy) is 2. The Morgan fingerprint density at radius 2 is 1.70 bits per heavy atom. The fourth-order valence-electron chi connectivity index (χ4n) is 4.26. The van der Waals surface area contributed by atoms with E-state index in [1.54, 1.807) is 44.4 Å². The van der Waals surface area contributed by atoms with Crippen molar-refractivity contribution in [2.24, 2.45) is 0 Å². The van der Waals surface area contributed by atoms with Gasteiger partial charge in [-0.1, -0.05) is 13.0 Å². The first-order chi connectivity index (χ1) is 17.5. The van der Waals surface area contributed by atoms with Gasteiger partial charge in [-0.3, -0.25) is 9.29 Å². The van der Waals surface area contributed by atoms with E-state index in [0.717, 1.165) is 5.56 Å². The summed E-state index contributed by atoms with van der Waals surface area (Å²) in [4.78, 5) is 8.53. The highest BCUT2D eigenvalue weighted by atomic mass is 32.2. The third kappa shape index (κ3) is 5.12. The molecule has 3 heterocycles. The maximum Gasteiger partial charge on any atom is 0.243 e. The number of rotatable bonds is 9. The lowest BCUT2D eigenvalue weighted by Gasteiger charge is -2.22. The number of benzene rings is 1. The van der Waals surface area contributed by atoms with Crippen molar-refractivity contribution in [3.05, 3.63) is 47.8 Å². The second kappa shape index (κ2) is 10.2. The van der Waals surface area contributed by atoms with Gasteiger partial charge in [0.15, 0.2) is 15.7 Å². The van der Waals surface area contributed by atoms with Gasteiger partial charge in [0.1, 0.15) is 28.3 Å². The van der Waals surface area contributed by atoms with E-state index in [4.69, 9.17) is 9.47 Å². The fourth-order valence-corrected chi connectivity index (χ4v) is 7.35. The summed E-state index contributed by atoms with van der Waals surface area (Å²) in [7, 11) is -4.68. The molecule has 3 atom stereocenters. The van der Waals surface area contributed by atoms with Crippen molar-refractivity contribution in [3.8, 4) is 17.2 Å². The quantitative estimate of drug-likeness (QED) is 0.420. The van der Waals surface area contributed by atoms with E-state index in [2.05, 4.69) is 24.9 Å². The van der Waals surface area contributed by atoms with Crippen LogP contribution in [0.2, 0.25) is 0 Å². The molecular formula is C23H30N6O6S2. The van der Waals surface area contributed by atoms with Gasteiger partial charge in [-0.05, 0) is 44.4 Å². The summed E-state index contributed by atoms with van der Waals surface area (Å²) in [5, 5.41) is 6.32. The largest absolute Gasteiger partial charge is 0.494 e. The molecule has 0 saturated carbocycles. The van der Waals surface area contributed by atoms with Crippen molar-refractivity contribution in [2.45, 2.75) is 50.0 Å². The highest BCUT2D eigenvalue weighted by Gasteiger charge is 2.39. The topological polar surface area (TPSA) is 155 Å². The summed E-state index contributed by atoms with van der Waals surface area (Å²) in [5.41, 5.74) is 1.15. The first kappa shape index (κ1) is 26.8. The highest BCUT2D eigenvalue weighted by Crippen LogP contribution is 2.41. The number of nitrogens with zero attached hydrogens (tertiary/aromatic N) is 5. The molecule has 2 aromatic heterocycles. The van der Waals surface area contributed by atoms with Crippen molar-refractivity contribution in [1.82, 2.24) is 24.7 Å². The Balaban J connectivity index is 1.82. The van der Waals surface area contributed by atoms with Crippen LogP contribution in [0.25, 0.3) is 5.69 Å². The number of hydrogen-bond donors (Lipinski definition) is 1. The van der Waals surface area contributed by atoms with Gasteiger partial charge in [0, 0.05) is 18.3 Å². The van der Waals surface area contributed by atoms with Gasteiger partial charge in [0.25, 0.3) is 0 Å². The van der Waals surface area contributed by atoms with Crippen LogP contribution in [0, 0.1) is 6.92 Å². The van der Waals surface area contributed by atoms with Crippen LogP contribution < -0.4 is 14.2 Å². The van der Waals surface area contributed by atoms with Gasteiger partial charge in [-0.25, -0.2) is 26.8 Å². The number of aromatic nitrogens is 5. The summed E-state index contributed by atoms with van der Waals surface area (Å²) in [6, 6.07) is 5.01. The normalized spacial score (nSPS) is 18.8. The van der Waals surface area contributed by atoms with Crippen molar-refractivity contribution in [2.75, 3.05) is 24.7 Å². The second-order valence-corrected chi connectivity index (χ2v) is 13.3. The molecule has 1 saturated heterocycles. The molecule has 0 aliphatic carbocycles. The molecular weight excluding hydrogens is 520 g/mol. The van der Waals surface area contributed by atoms with Gasteiger partial charge in [0.05, 0.1) is 25.2 Å². The number of sulfone groups is 1. The number of aryl methyl sites for hydroxylation is 1. The molecule has 14 heteroatoms. The summed E-state index contributed by atoms with van der Waals surface area (Å²) in [6.07, 6.45) is 4.06. The molecule has 1 aliphatic rings. The molecule has 200 valence electrons. The van der Waals surface area contributed by atoms with Gasteiger partial charge >= 0.3 is 0 Å². The monoisotopic (exact) mass is 550 g/mol. The number of hydrogen-bond acceptors (Lipinski definition) is 10. The average molecular weight is 551 g/mol. The molecule has 0 bridgehead atoms. The lowest BCUT2D eigenvalue weighted by molar-refractivity contribution is 0.390. The molecule has 37 heavy (non-hydrogen) atoms. The lowest BCUT2D eigenvalue weighted by atomic mass is 10.1. The molecule has 0 unspecified atom stereocenters. The van der Waals surface area contributed by atoms with Crippen LogP contribution in [-0.2, 0) is 19.9 Å². The van der Waals surface area contributed by atoms with Crippen LogP contribution in [0.3, 0.4) is 0 Å². The third-order valence-corrected chi connectivity index (χ3v) is 10.6. The Morgan fingerprint density at radius 3 is 2.24 bits per heavy atom. The zero-order valence-electron chi connectivity index (χ0n) is 21.2. The molecule has 1 aliphatic heterocycles. The van der Waals surface area contributed by atoms with E-state index in [-0.39, 0.29) is 23.2 Å². The van der Waals surface area contributed by atoms with Crippen molar-refractivity contribution >= 4 is 25.8 Å². The number of sulfonamides is 1. The highest BCUT2D eigenvalue weighted by molar-refractivity contribution is 7.93. The summed E-state index contributed by atoms with van der Waals surface area (Å²) in [6.45, 7) is 5.11. The Kier molecular flexibility index (Phi) is 7.42. The number of methoxy groups -OCH3 is 2. The van der Waals surface area contributed by atoms with E-state index in [0.29, 0.717) is 30.2 Å². The Bertz CT molecular complexity index is 1470. The molecule has 3 aromatic rings. The van der Waals surface area contributed by atoms with Crippen LogP contribution in [-0.4, -0.2) is 66.8 Å². The minimum absolute atomic E-state index is 0.0136. The SMILES string of the molecule is COc1cccc(OC)c1-n1c(NS(=O)(=O)[C@@H](C)[C@H](C)c2ncc(C)cn2)nnc1[C@@H]1CCCS1(=O)=O. The summed E-state index contributed by atoms with van der Waals surface area (Å²) in [5.74, 6) is 0.402. The lowest BCUT2D eigenvalue weighted by Crippen LogP contribution is -2.31. The minimum atomic E-state index is -4.06. The predicted octanol–water partition coefficient (Wildman–Crippen LogP) is 2.57. The van der Waals surface area contributed by atoms with E-state index in [1.807, 2.05) is 6.92 Å². The molecule has 0 spiro atoms. The van der Waals surface area contributed by atoms with Crippen molar-refractivity contribution in [3.63, 3.8) is 0 Å². The second-order valence-electron chi connectivity index (χ2n) is 8.99. The van der Waals surface area contributed by atoms with Crippen LogP contribution >= 0.6 is 0 Å². The maximum absolute atomic E-state index is 13.5. The standard InChI is InChI=1S/C23H30N6O6S2/c1-14-12-24-21(25-13-14)15(2)16(3)37(32,33)28-23-27-26-22(19-10-7-11-36(19,30)31)29(23)20-17(34-4)8-6-9-18(20)35-5/h6,8-9,12-13,15-16,19H,7,10-11H2,1-5H3,(H,27,28)/t15-,16-,19-/m0/s1. The van der Waals surface area contributed by atoms with Gasteiger partial charge in [0.2, 0.25) is 16.0 Å². The van der Waals surface area contributed by atoms with Gasteiger partial charge in [-0.15, -0.1) is 10.2 Å². The van der Waals surface area contributed by atoms with E-state index < -0.39 is 36.3 Å². The Morgan fingerprint density at radius 1 is 1.08 bits per heavy atom. The smallest absolute Gasteiger partial charge is 0.243 e. The molecule has 4 rings (SSSR count). The zero-order chi connectivity index (χ0) is 27.0. The van der Waals surface area contributed by atoms with Crippen LogP contribution in [0.1, 0.15) is 55.1 Å². The van der Waals surface area contributed by atoms with E-state index >= 15 is 0 Å². The molecule has 0 radical (unpaired) electrons. The van der Waals surface area contributed by atoms with Gasteiger partial charge in [-0.2, -0.15) is 0 Å². The number of para-hydroxylation sites is 1. The van der Waals surface area contributed by atoms with E-state index in [9.17, 15) is 16.8 Å². The number of anilines is 1. The molecule has 0 amide bonds. The van der Waals surface area contributed by atoms with Crippen molar-refractivity contribution < 1.29 is 26.3 Å². The molecule has 1 aromatic carbocycles. The van der Waals surface area contributed by atoms with Crippen LogP contribution in [0.5, 0.6) is 11.5 Å². The maximum atomic E-state index is 13.5. The fraction of sp³-hybridized carbons (Fsp3) is 0.478. The van der Waals surface area contributed by atoms with E-state index in [1.165, 1.54) is 18.8 Å². The molecule has 1 fully saturated rings. The summed E-state index contributed by atoms with van der Waals surface area (Å²) < 4.78 is 67.6. The van der Waals surface area contributed by atoms with Gasteiger partial charge < -0.3 is 9.47 Å². The number of nitrogens with one attached hydrogen (secondary N) is 1. The molecule has 12 nitrogen and oxygen atoms in total. The minimum Gasteiger partial charge on any atom is -0.494 e. The Labute approximate surface area is 216 Å². The summed E-state index contributed by atoms with van der Waals surface area (Å²) >= 11 is 0.